The molecule has 0 radical (unpaired) electrons. The molecule has 1 aromatic heterocycles. The number of halogens is 3. The van der Waals surface area contributed by atoms with Crippen LogP contribution in [0, 0.1) is 33.1 Å². The van der Waals surface area contributed by atoms with Gasteiger partial charge in [-0.25, -0.2) is 26.6 Å². The summed E-state index contributed by atoms with van der Waals surface area (Å²) < 4.78 is 60.6. The predicted octanol–water partition coefficient (Wildman–Crippen LogP) is 8.26. The van der Waals surface area contributed by atoms with Gasteiger partial charge in [-0.3, -0.25) is 14.9 Å². The van der Waals surface area contributed by atoms with Crippen molar-refractivity contribution < 1.29 is 26.9 Å². The van der Waals surface area contributed by atoms with Gasteiger partial charge in [0.25, 0.3) is 21.6 Å². The second kappa shape index (κ2) is 15.6. The number of hydrogen-bond acceptors (Lipinski definition) is 7. The van der Waals surface area contributed by atoms with Crippen LogP contribution in [-0.4, -0.2) is 29.0 Å². The van der Waals surface area contributed by atoms with E-state index in [-0.39, 0.29) is 50.1 Å². The summed E-state index contributed by atoms with van der Waals surface area (Å²) in [5.41, 5.74) is 1.70. The number of amides is 1. The van der Waals surface area contributed by atoms with E-state index in [9.17, 15) is 33.0 Å². The Balaban J connectivity index is 1.56. The predicted molar refractivity (Wildman–Crippen MR) is 188 cm³/mol. The van der Waals surface area contributed by atoms with Crippen LogP contribution >= 0.6 is 11.6 Å². The van der Waals surface area contributed by atoms with Crippen molar-refractivity contribution in [3.63, 3.8) is 0 Å². The van der Waals surface area contributed by atoms with Gasteiger partial charge >= 0.3 is 0 Å². The Hall–Kier alpha value is -5.45. The Morgan fingerprint density at radius 3 is 2.43 bits per heavy atom. The molecule has 262 valence electrons. The van der Waals surface area contributed by atoms with Crippen LogP contribution < -0.4 is 4.72 Å². The van der Waals surface area contributed by atoms with Gasteiger partial charge in [0.1, 0.15) is 23.4 Å². The molecule has 0 aliphatic heterocycles. The fourth-order valence-electron chi connectivity index (χ4n) is 5.70. The molecule has 10 nitrogen and oxygen atoms in total. The minimum atomic E-state index is -4.55. The van der Waals surface area contributed by atoms with E-state index >= 15 is 4.39 Å². The number of rotatable bonds is 13. The van der Waals surface area contributed by atoms with Crippen LogP contribution in [0.25, 0.3) is 16.8 Å². The molecule has 0 saturated heterocycles. The van der Waals surface area contributed by atoms with Gasteiger partial charge in [-0.1, -0.05) is 68.6 Å². The lowest BCUT2D eigenvalue weighted by molar-refractivity contribution is -0.384. The highest BCUT2D eigenvalue weighted by Gasteiger charge is 2.26. The SMILES string of the molecule is CCCCc1nn(-c2cc([N+](=O)[O-])ccc2Cl)c(C#N)c1Cc1ccc(-c2cc(CCC)ccc2S(=O)(=O)NC(=O)c2ccccc2F)cc1F. The van der Waals surface area contributed by atoms with Crippen LogP contribution in [-0.2, 0) is 29.3 Å². The lowest BCUT2D eigenvalue weighted by Gasteiger charge is -2.15. The van der Waals surface area contributed by atoms with Gasteiger partial charge in [0.05, 0.1) is 31.8 Å². The van der Waals surface area contributed by atoms with Crippen molar-refractivity contribution in [2.75, 3.05) is 0 Å². The largest absolute Gasteiger partial charge is 0.271 e. The molecule has 0 fully saturated rings. The lowest BCUT2D eigenvalue weighted by atomic mass is 9.96. The highest BCUT2D eigenvalue weighted by atomic mass is 35.5. The second-order valence-corrected chi connectivity index (χ2v) is 13.8. The van der Waals surface area contributed by atoms with Gasteiger partial charge in [0.2, 0.25) is 0 Å². The summed E-state index contributed by atoms with van der Waals surface area (Å²) in [4.78, 5) is 23.4. The molecular formula is C37H32ClF2N5O5S. The number of nitriles is 1. The molecule has 0 atom stereocenters. The Bertz CT molecular complexity index is 2300. The zero-order valence-corrected chi connectivity index (χ0v) is 29.2. The fraction of sp³-hybridized carbons (Fsp3) is 0.216. The Morgan fingerprint density at radius 1 is 1.00 bits per heavy atom. The van der Waals surface area contributed by atoms with Crippen LogP contribution in [0.2, 0.25) is 5.02 Å². The molecule has 0 aliphatic rings. The third-order valence-corrected chi connectivity index (χ3v) is 9.97. The molecule has 5 aromatic rings. The lowest BCUT2D eigenvalue weighted by Crippen LogP contribution is -2.31. The van der Waals surface area contributed by atoms with Crippen molar-refractivity contribution in [3.05, 3.63) is 139 Å². The first-order chi connectivity index (χ1) is 24.4. The highest BCUT2D eigenvalue weighted by molar-refractivity contribution is 7.90. The van der Waals surface area contributed by atoms with Crippen molar-refractivity contribution in [2.24, 2.45) is 0 Å². The number of nitrogens with zero attached hydrogens (tertiary/aromatic N) is 4. The van der Waals surface area contributed by atoms with Crippen molar-refractivity contribution in [1.82, 2.24) is 14.5 Å². The first kappa shape index (κ1) is 36.8. The van der Waals surface area contributed by atoms with E-state index in [0.717, 1.165) is 30.5 Å². The van der Waals surface area contributed by atoms with Crippen molar-refractivity contribution in [1.29, 1.82) is 5.26 Å². The number of hydrogen-bond donors (Lipinski definition) is 1. The van der Waals surface area contributed by atoms with E-state index in [1.807, 2.05) is 18.6 Å². The number of non-ortho nitro benzene ring substituents is 1. The van der Waals surface area contributed by atoms with E-state index in [2.05, 4.69) is 11.2 Å². The number of nitrogens with one attached hydrogen (secondary N) is 1. The Kier molecular flexibility index (Phi) is 11.3. The highest BCUT2D eigenvalue weighted by Crippen LogP contribution is 2.33. The number of carbonyl (C=O) groups is 1. The standard InChI is InChI=1S/C37H32ClF2N5O5S/c1-3-5-11-33-29(35(22-41)44(42-33)34-21-26(45(47)48)15-16-30(34)38)19-25-14-13-24(20-32(25)40)28-18-23(8-4-2)12-17-36(28)51(49,50)43-37(46)27-9-6-7-10-31(27)39/h6-7,9-10,12-18,20-21H,3-5,8,11,19H2,1-2H3,(H,43,46). The van der Waals surface area contributed by atoms with Gasteiger partial charge in [-0.15, -0.1) is 0 Å². The number of nitro benzene ring substituents is 1. The van der Waals surface area contributed by atoms with Gasteiger partial charge in [0, 0.05) is 29.7 Å². The molecule has 1 N–H and O–H groups in total. The van der Waals surface area contributed by atoms with Crippen LogP contribution in [0.4, 0.5) is 14.5 Å². The molecule has 0 saturated carbocycles. The molecule has 0 aliphatic carbocycles. The summed E-state index contributed by atoms with van der Waals surface area (Å²) in [6.45, 7) is 3.93. The van der Waals surface area contributed by atoms with Crippen LogP contribution in [0.15, 0.2) is 83.8 Å². The van der Waals surface area contributed by atoms with Crippen molar-refractivity contribution in [2.45, 2.75) is 57.3 Å². The molecule has 0 spiro atoms. The smallest absolute Gasteiger partial charge is 0.268 e. The third-order valence-electron chi connectivity index (χ3n) is 8.26. The number of aryl methyl sites for hydroxylation is 2. The maximum absolute atomic E-state index is 16.1. The molecule has 1 amide bonds. The molecular weight excluding hydrogens is 700 g/mol. The summed E-state index contributed by atoms with van der Waals surface area (Å²) in [7, 11) is -4.55. The number of sulfonamides is 1. The summed E-state index contributed by atoms with van der Waals surface area (Å²) >= 11 is 6.40. The molecule has 4 aromatic carbocycles. The van der Waals surface area contributed by atoms with E-state index in [4.69, 9.17) is 11.6 Å². The number of aromatic nitrogens is 2. The topological polar surface area (TPSA) is 148 Å². The van der Waals surface area contributed by atoms with E-state index in [1.54, 1.807) is 18.2 Å². The molecule has 5 rings (SSSR count). The van der Waals surface area contributed by atoms with Crippen LogP contribution in [0.5, 0.6) is 0 Å². The number of carbonyl (C=O) groups excluding carboxylic acids is 1. The molecule has 0 bridgehead atoms. The third kappa shape index (κ3) is 7.98. The summed E-state index contributed by atoms with van der Waals surface area (Å²) in [5.74, 6) is -2.74. The first-order valence-electron chi connectivity index (χ1n) is 16.1. The normalized spacial score (nSPS) is 11.3. The molecule has 0 unspecified atom stereocenters. The van der Waals surface area contributed by atoms with Gasteiger partial charge in [-0.05, 0) is 72.4 Å². The minimum Gasteiger partial charge on any atom is -0.268 e. The zero-order valence-electron chi connectivity index (χ0n) is 27.6. The number of nitro groups is 1. The van der Waals surface area contributed by atoms with Gasteiger partial charge in [-0.2, -0.15) is 10.4 Å². The van der Waals surface area contributed by atoms with E-state index < -0.39 is 38.1 Å². The monoisotopic (exact) mass is 731 g/mol. The average molecular weight is 732 g/mol. The Labute approximate surface area is 298 Å². The molecule has 14 heteroatoms. The maximum Gasteiger partial charge on any atom is 0.271 e. The summed E-state index contributed by atoms with van der Waals surface area (Å²) in [5, 5.41) is 26.5. The van der Waals surface area contributed by atoms with Gasteiger partial charge in [0.15, 0.2) is 0 Å². The number of benzene rings is 4. The second-order valence-electron chi connectivity index (χ2n) is 11.8. The fourth-order valence-corrected chi connectivity index (χ4v) is 7.07. The average Bonchev–Trinajstić information content (AvgIpc) is 3.44. The summed E-state index contributed by atoms with van der Waals surface area (Å²) in [6.07, 6.45) is 3.24. The van der Waals surface area contributed by atoms with Crippen molar-refractivity contribution in [3.8, 4) is 22.9 Å². The Morgan fingerprint density at radius 2 is 1.76 bits per heavy atom. The summed E-state index contributed by atoms with van der Waals surface area (Å²) in [6, 6.07) is 19.6. The maximum atomic E-state index is 16.1. The first-order valence-corrected chi connectivity index (χ1v) is 17.9. The molecule has 1 heterocycles. The zero-order chi connectivity index (χ0) is 36.9. The van der Waals surface area contributed by atoms with Gasteiger partial charge < -0.3 is 0 Å². The van der Waals surface area contributed by atoms with Crippen molar-refractivity contribution >= 4 is 33.2 Å². The minimum absolute atomic E-state index is 0.0400. The quantitative estimate of drug-likeness (QED) is 0.0947. The van der Waals surface area contributed by atoms with E-state index in [0.29, 0.717) is 30.5 Å². The van der Waals surface area contributed by atoms with Crippen LogP contribution in [0.1, 0.15) is 71.5 Å². The van der Waals surface area contributed by atoms with Crippen LogP contribution in [0.3, 0.4) is 0 Å². The molecule has 51 heavy (non-hydrogen) atoms. The van der Waals surface area contributed by atoms with E-state index in [1.165, 1.54) is 53.2 Å². The number of unbranched alkanes of at least 4 members (excludes halogenated alkanes) is 1.